The van der Waals surface area contributed by atoms with Gasteiger partial charge in [-0.15, -0.1) is 24.0 Å². The van der Waals surface area contributed by atoms with E-state index in [1.807, 2.05) is 38.2 Å². The molecule has 2 aliphatic heterocycles. The van der Waals surface area contributed by atoms with E-state index in [0.29, 0.717) is 24.7 Å². The quantitative estimate of drug-likeness (QED) is 0.364. The van der Waals surface area contributed by atoms with Crippen LogP contribution in [0.1, 0.15) is 29.3 Å². The second-order valence-corrected chi connectivity index (χ2v) is 6.99. The standard InChI is InChI=1S/C20H31N5O2.HI/c1-3-22-19(26)17-6-4-16(5-7-17)14-23-20(21-2)25-9-8-18(15-25)24-10-12-27-13-11-24;/h4-7,18H,3,8-15H2,1-2H3,(H,21,23)(H,22,26);1H. The number of carbonyl (C=O) groups is 1. The van der Waals surface area contributed by atoms with Crippen LogP contribution in [0.3, 0.4) is 0 Å². The summed E-state index contributed by atoms with van der Waals surface area (Å²) in [6, 6.07) is 8.31. The van der Waals surface area contributed by atoms with Crippen molar-refractivity contribution in [2.24, 2.45) is 4.99 Å². The summed E-state index contributed by atoms with van der Waals surface area (Å²) in [5.41, 5.74) is 1.83. The molecular formula is C20H32IN5O2. The van der Waals surface area contributed by atoms with Crippen molar-refractivity contribution in [2.75, 3.05) is 53.0 Å². The Morgan fingerprint density at radius 2 is 1.89 bits per heavy atom. The van der Waals surface area contributed by atoms with E-state index in [1.165, 1.54) is 6.42 Å². The molecule has 8 heteroatoms. The Bertz CT molecular complexity index is 647. The maximum atomic E-state index is 11.8. The minimum absolute atomic E-state index is 0. The molecule has 156 valence electrons. The van der Waals surface area contributed by atoms with Gasteiger partial charge in [-0.05, 0) is 31.0 Å². The molecule has 3 rings (SSSR count). The van der Waals surface area contributed by atoms with Gasteiger partial charge in [0.15, 0.2) is 5.96 Å². The Balaban J connectivity index is 0.00000280. The topological polar surface area (TPSA) is 69.2 Å². The molecule has 2 fully saturated rings. The maximum Gasteiger partial charge on any atom is 0.251 e. The third-order valence-corrected chi connectivity index (χ3v) is 5.24. The number of amides is 1. The molecule has 0 radical (unpaired) electrons. The summed E-state index contributed by atoms with van der Waals surface area (Å²) in [7, 11) is 1.84. The molecule has 1 aromatic carbocycles. The number of hydrogen-bond acceptors (Lipinski definition) is 4. The van der Waals surface area contributed by atoms with E-state index >= 15 is 0 Å². The van der Waals surface area contributed by atoms with Crippen molar-refractivity contribution in [3.05, 3.63) is 35.4 Å². The minimum Gasteiger partial charge on any atom is -0.379 e. The molecule has 1 atom stereocenters. The molecule has 1 aromatic rings. The van der Waals surface area contributed by atoms with Gasteiger partial charge >= 0.3 is 0 Å². The predicted molar refractivity (Wildman–Crippen MR) is 122 cm³/mol. The molecule has 2 aliphatic rings. The third-order valence-electron chi connectivity index (χ3n) is 5.24. The Morgan fingerprint density at radius 3 is 2.54 bits per heavy atom. The summed E-state index contributed by atoms with van der Waals surface area (Å²) in [6.45, 7) is 9.04. The van der Waals surface area contributed by atoms with Gasteiger partial charge in [0.25, 0.3) is 5.91 Å². The first-order chi connectivity index (χ1) is 13.2. The number of rotatable bonds is 5. The second kappa shape index (κ2) is 11.6. The molecule has 2 saturated heterocycles. The highest BCUT2D eigenvalue weighted by atomic mass is 127. The highest BCUT2D eigenvalue weighted by Gasteiger charge is 2.30. The Hall–Kier alpha value is -1.39. The molecule has 1 unspecified atom stereocenters. The van der Waals surface area contributed by atoms with Gasteiger partial charge in [-0.1, -0.05) is 12.1 Å². The zero-order chi connectivity index (χ0) is 19.1. The lowest BCUT2D eigenvalue weighted by atomic mass is 10.1. The largest absolute Gasteiger partial charge is 0.379 e. The summed E-state index contributed by atoms with van der Waals surface area (Å²) in [6.07, 6.45) is 1.17. The molecule has 2 heterocycles. The number of morpholine rings is 1. The van der Waals surface area contributed by atoms with Gasteiger partial charge in [-0.25, -0.2) is 0 Å². The normalized spacial score (nSPS) is 20.6. The highest BCUT2D eigenvalue weighted by molar-refractivity contribution is 14.0. The van der Waals surface area contributed by atoms with Crippen LogP contribution in [0.2, 0.25) is 0 Å². The second-order valence-electron chi connectivity index (χ2n) is 6.99. The number of guanidine groups is 1. The number of nitrogens with zero attached hydrogens (tertiary/aromatic N) is 3. The van der Waals surface area contributed by atoms with Crippen LogP contribution in [0.25, 0.3) is 0 Å². The smallest absolute Gasteiger partial charge is 0.251 e. The minimum atomic E-state index is -0.0287. The molecule has 0 aromatic heterocycles. The van der Waals surface area contributed by atoms with E-state index in [9.17, 15) is 4.79 Å². The fourth-order valence-corrected chi connectivity index (χ4v) is 3.72. The summed E-state index contributed by atoms with van der Waals surface area (Å²) in [4.78, 5) is 21.2. The van der Waals surface area contributed by atoms with E-state index in [2.05, 4.69) is 25.4 Å². The molecule has 28 heavy (non-hydrogen) atoms. The van der Waals surface area contributed by atoms with Crippen LogP contribution in [0.5, 0.6) is 0 Å². The van der Waals surface area contributed by atoms with Crippen molar-refractivity contribution in [2.45, 2.75) is 25.9 Å². The highest BCUT2D eigenvalue weighted by Crippen LogP contribution is 2.17. The molecule has 0 bridgehead atoms. The first kappa shape index (κ1) is 22.9. The lowest BCUT2D eigenvalue weighted by molar-refractivity contribution is 0.0195. The summed E-state index contributed by atoms with van der Waals surface area (Å²) in [5, 5.41) is 6.27. The maximum absolute atomic E-state index is 11.8. The van der Waals surface area contributed by atoms with Crippen molar-refractivity contribution < 1.29 is 9.53 Å². The van der Waals surface area contributed by atoms with Gasteiger partial charge in [0.05, 0.1) is 13.2 Å². The number of halogens is 1. The average Bonchev–Trinajstić information content (AvgIpc) is 3.20. The van der Waals surface area contributed by atoms with E-state index in [-0.39, 0.29) is 29.9 Å². The molecule has 7 nitrogen and oxygen atoms in total. The number of nitrogens with one attached hydrogen (secondary N) is 2. The van der Waals surface area contributed by atoms with Crippen LogP contribution < -0.4 is 10.6 Å². The predicted octanol–water partition coefficient (Wildman–Crippen LogP) is 1.54. The lowest BCUT2D eigenvalue weighted by Crippen LogP contribution is -2.46. The fraction of sp³-hybridized carbons (Fsp3) is 0.600. The number of benzene rings is 1. The zero-order valence-corrected chi connectivity index (χ0v) is 19.1. The van der Waals surface area contributed by atoms with Gasteiger partial charge in [0.2, 0.25) is 0 Å². The monoisotopic (exact) mass is 501 g/mol. The van der Waals surface area contributed by atoms with Gasteiger partial charge in [-0.3, -0.25) is 14.7 Å². The van der Waals surface area contributed by atoms with Crippen molar-refractivity contribution >= 4 is 35.8 Å². The van der Waals surface area contributed by atoms with Crippen LogP contribution in [0, 0.1) is 0 Å². The van der Waals surface area contributed by atoms with E-state index < -0.39 is 0 Å². The van der Waals surface area contributed by atoms with Crippen LogP contribution >= 0.6 is 24.0 Å². The van der Waals surface area contributed by atoms with Gasteiger partial charge < -0.3 is 20.3 Å². The lowest BCUT2D eigenvalue weighted by Gasteiger charge is -2.32. The Kier molecular flexibility index (Phi) is 9.46. The van der Waals surface area contributed by atoms with E-state index in [1.54, 1.807) is 0 Å². The van der Waals surface area contributed by atoms with Crippen LogP contribution in [-0.4, -0.2) is 80.7 Å². The molecule has 0 saturated carbocycles. The number of likely N-dealkylation sites (tertiary alicyclic amines) is 1. The van der Waals surface area contributed by atoms with E-state index in [4.69, 9.17) is 4.74 Å². The van der Waals surface area contributed by atoms with Crippen LogP contribution in [0.4, 0.5) is 0 Å². The number of ether oxygens (including phenoxy) is 1. The first-order valence-corrected chi connectivity index (χ1v) is 9.85. The Labute approximate surface area is 184 Å². The summed E-state index contributed by atoms with van der Waals surface area (Å²) in [5.74, 6) is 0.914. The van der Waals surface area contributed by atoms with Gasteiger partial charge in [-0.2, -0.15) is 0 Å². The fourth-order valence-electron chi connectivity index (χ4n) is 3.72. The summed E-state index contributed by atoms with van der Waals surface area (Å²) < 4.78 is 5.46. The molecule has 1 amide bonds. The number of aliphatic imine (C=N–C) groups is 1. The molecule has 0 spiro atoms. The molecular weight excluding hydrogens is 469 g/mol. The SMILES string of the molecule is CCNC(=O)c1ccc(CNC(=NC)N2CCC(N3CCOCC3)C2)cc1.I. The van der Waals surface area contributed by atoms with Crippen molar-refractivity contribution in [1.29, 1.82) is 0 Å². The van der Waals surface area contributed by atoms with Gasteiger partial charge in [0, 0.05) is 57.9 Å². The van der Waals surface area contributed by atoms with Crippen molar-refractivity contribution in [3.63, 3.8) is 0 Å². The number of carbonyl (C=O) groups excluding carboxylic acids is 1. The van der Waals surface area contributed by atoms with E-state index in [0.717, 1.165) is 50.9 Å². The molecule has 0 aliphatic carbocycles. The third kappa shape index (κ3) is 6.05. The first-order valence-electron chi connectivity index (χ1n) is 9.85. The Morgan fingerprint density at radius 1 is 1.18 bits per heavy atom. The van der Waals surface area contributed by atoms with Crippen LogP contribution in [-0.2, 0) is 11.3 Å². The zero-order valence-electron chi connectivity index (χ0n) is 16.8. The van der Waals surface area contributed by atoms with Crippen LogP contribution in [0.15, 0.2) is 29.3 Å². The van der Waals surface area contributed by atoms with Crippen molar-refractivity contribution in [1.82, 2.24) is 20.4 Å². The van der Waals surface area contributed by atoms with Crippen molar-refractivity contribution in [3.8, 4) is 0 Å². The average molecular weight is 501 g/mol. The number of hydrogen-bond donors (Lipinski definition) is 2. The molecule has 2 N–H and O–H groups in total. The van der Waals surface area contributed by atoms with Gasteiger partial charge in [0.1, 0.15) is 0 Å². The summed E-state index contributed by atoms with van der Waals surface area (Å²) >= 11 is 0.